The van der Waals surface area contributed by atoms with E-state index in [9.17, 15) is 5.11 Å². The molecule has 0 N–H and O–H groups in total. The molecule has 0 spiro atoms. The van der Waals surface area contributed by atoms with Crippen LogP contribution in [-0.2, 0) is 5.11 Å². The number of hydrogen-bond donors (Lipinski definition) is 0. The summed E-state index contributed by atoms with van der Waals surface area (Å²) < 4.78 is 0. The van der Waals surface area contributed by atoms with Gasteiger partial charge in [-0.2, -0.15) is 0 Å². The summed E-state index contributed by atoms with van der Waals surface area (Å²) in [6, 6.07) is 0. The zero-order valence-corrected chi connectivity index (χ0v) is 5.03. The Morgan fingerprint density at radius 2 is 2.00 bits per heavy atom. The van der Waals surface area contributed by atoms with Crippen LogP contribution < -0.4 is 0 Å². The van der Waals surface area contributed by atoms with Crippen LogP contribution in [-0.4, -0.2) is 6.61 Å². The Bertz CT molecular complexity index is 42.6. The van der Waals surface area contributed by atoms with Crippen molar-refractivity contribution in [2.45, 2.75) is 20.3 Å². The third kappa shape index (κ3) is 5.96. The number of hydrogen-bond acceptors (Lipinski definition) is 0. The molecular weight excluding hydrogens is 88.1 g/mol. The van der Waals surface area contributed by atoms with E-state index in [-0.39, 0.29) is 12.0 Å². The van der Waals surface area contributed by atoms with Crippen LogP contribution in [0.5, 0.6) is 0 Å². The molecule has 2 radical (unpaired) electrons. The summed E-state index contributed by atoms with van der Waals surface area (Å²) in [6.07, 6.45) is 0.674. The van der Waals surface area contributed by atoms with Crippen LogP contribution in [0, 0.1) is 12.3 Å². The third-order valence-electron chi connectivity index (χ3n) is 0.779. The summed E-state index contributed by atoms with van der Waals surface area (Å²) in [6.45, 7) is 7.68. The van der Waals surface area contributed by atoms with Gasteiger partial charge >= 0.3 is 0 Å². The van der Waals surface area contributed by atoms with E-state index in [1.54, 1.807) is 0 Å². The maximum atomic E-state index is 9.91. The molecule has 0 aliphatic heterocycles. The highest BCUT2D eigenvalue weighted by molar-refractivity contribution is 4.68. The molecule has 0 aromatic heterocycles. The first-order valence-corrected chi connectivity index (χ1v) is 2.50. The van der Waals surface area contributed by atoms with E-state index in [0.29, 0.717) is 6.42 Å². The highest BCUT2D eigenvalue weighted by Crippen LogP contribution is 2.15. The Morgan fingerprint density at radius 1 is 1.57 bits per heavy atom. The minimum atomic E-state index is -0.0122. The lowest BCUT2D eigenvalue weighted by molar-refractivity contribution is 0.160. The van der Waals surface area contributed by atoms with Gasteiger partial charge in [0, 0.05) is 0 Å². The largest absolute Gasteiger partial charge is 0.237 e. The molecule has 0 saturated carbocycles. The van der Waals surface area contributed by atoms with Gasteiger partial charge in [0.2, 0.25) is 0 Å². The van der Waals surface area contributed by atoms with Crippen molar-refractivity contribution in [3.05, 3.63) is 6.92 Å². The van der Waals surface area contributed by atoms with Crippen LogP contribution in [0.25, 0.3) is 0 Å². The molecule has 0 amide bonds. The van der Waals surface area contributed by atoms with Crippen LogP contribution in [0.3, 0.4) is 0 Å². The van der Waals surface area contributed by atoms with Crippen molar-refractivity contribution >= 4 is 0 Å². The summed E-state index contributed by atoms with van der Waals surface area (Å²) in [7, 11) is 0. The molecule has 0 atom stereocenters. The molecular formula is C6H12O. The van der Waals surface area contributed by atoms with Gasteiger partial charge in [-0.05, 0) is 18.8 Å². The van der Waals surface area contributed by atoms with Gasteiger partial charge in [-0.25, -0.2) is 5.11 Å². The fourth-order valence-corrected chi connectivity index (χ4v) is 0.276. The average Bonchev–Trinajstić information content (AvgIpc) is 1.30. The Balaban J connectivity index is 3.15. The fourth-order valence-electron chi connectivity index (χ4n) is 0.276. The van der Waals surface area contributed by atoms with Gasteiger partial charge in [-0.15, -0.1) is 0 Å². The lowest BCUT2D eigenvalue weighted by Crippen LogP contribution is -2.06. The normalized spacial score (nSPS) is 12.0. The molecule has 0 fully saturated rings. The molecule has 0 rings (SSSR count). The molecule has 0 aromatic rings. The highest BCUT2D eigenvalue weighted by Gasteiger charge is 2.07. The maximum absolute atomic E-state index is 9.91. The van der Waals surface area contributed by atoms with Crippen molar-refractivity contribution in [2.24, 2.45) is 5.41 Å². The van der Waals surface area contributed by atoms with E-state index in [0.717, 1.165) is 0 Å². The molecule has 0 aromatic carbocycles. The van der Waals surface area contributed by atoms with Gasteiger partial charge in [-0.1, -0.05) is 13.8 Å². The molecule has 0 heterocycles. The van der Waals surface area contributed by atoms with E-state index in [4.69, 9.17) is 0 Å². The fraction of sp³-hybridized carbons (Fsp3) is 0.833. The van der Waals surface area contributed by atoms with Gasteiger partial charge in [0.25, 0.3) is 0 Å². The van der Waals surface area contributed by atoms with E-state index in [1.165, 1.54) is 0 Å². The summed E-state index contributed by atoms with van der Waals surface area (Å²) in [5.74, 6) is 0. The Morgan fingerprint density at radius 3 is 2.00 bits per heavy atom. The molecule has 1 heteroatoms. The smallest absolute Gasteiger partial charge is 0.0827 e. The van der Waals surface area contributed by atoms with E-state index >= 15 is 0 Å². The molecule has 0 aliphatic rings. The van der Waals surface area contributed by atoms with Crippen LogP contribution in [0.4, 0.5) is 0 Å². The molecule has 0 saturated heterocycles. The first-order valence-electron chi connectivity index (χ1n) is 2.50. The van der Waals surface area contributed by atoms with Crippen molar-refractivity contribution in [1.82, 2.24) is 0 Å². The quantitative estimate of drug-likeness (QED) is 0.503. The van der Waals surface area contributed by atoms with Gasteiger partial charge < -0.3 is 0 Å². The van der Waals surface area contributed by atoms with Crippen molar-refractivity contribution in [3.63, 3.8) is 0 Å². The van der Waals surface area contributed by atoms with E-state index in [2.05, 4.69) is 6.92 Å². The van der Waals surface area contributed by atoms with Crippen LogP contribution in [0.2, 0.25) is 0 Å². The Kier molecular flexibility index (Phi) is 2.30. The summed E-state index contributed by atoms with van der Waals surface area (Å²) in [4.78, 5) is 0. The number of rotatable bonds is 2. The Hall–Kier alpha value is -0.0400. The van der Waals surface area contributed by atoms with Crippen molar-refractivity contribution in [3.8, 4) is 0 Å². The maximum Gasteiger partial charge on any atom is 0.0827 e. The summed E-state index contributed by atoms with van der Waals surface area (Å²) >= 11 is 0. The minimum Gasteiger partial charge on any atom is -0.237 e. The third-order valence-corrected chi connectivity index (χ3v) is 0.779. The predicted molar refractivity (Wildman–Crippen MR) is 29.3 cm³/mol. The van der Waals surface area contributed by atoms with Crippen molar-refractivity contribution in [2.75, 3.05) is 6.61 Å². The first-order chi connectivity index (χ1) is 3.06. The molecule has 0 aliphatic carbocycles. The second kappa shape index (κ2) is 2.31. The van der Waals surface area contributed by atoms with Gasteiger partial charge in [0.1, 0.15) is 0 Å². The SMILES string of the molecule is [CH2]C(C)(C)CC[O]. The highest BCUT2D eigenvalue weighted by atomic mass is 16.3. The van der Waals surface area contributed by atoms with Crippen LogP contribution >= 0.6 is 0 Å². The van der Waals surface area contributed by atoms with Gasteiger partial charge in [0.15, 0.2) is 0 Å². The molecule has 0 bridgehead atoms. The zero-order valence-electron chi connectivity index (χ0n) is 5.03. The lowest BCUT2D eigenvalue weighted by Gasteiger charge is -2.13. The topological polar surface area (TPSA) is 19.9 Å². The minimum absolute atomic E-state index is 0.00347. The second-order valence-corrected chi connectivity index (χ2v) is 2.62. The summed E-state index contributed by atoms with van der Waals surface area (Å²) in [5, 5.41) is 9.91. The molecule has 7 heavy (non-hydrogen) atoms. The molecule has 0 unspecified atom stereocenters. The average molecular weight is 100 g/mol. The van der Waals surface area contributed by atoms with Gasteiger partial charge in [0.05, 0.1) is 6.61 Å². The second-order valence-electron chi connectivity index (χ2n) is 2.62. The van der Waals surface area contributed by atoms with Crippen molar-refractivity contribution in [1.29, 1.82) is 0 Å². The first kappa shape index (κ1) is 6.96. The predicted octanol–water partition coefficient (Wildman–Crippen LogP) is 1.67. The molecule has 1 nitrogen and oxygen atoms in total. The van der Waals surface area contributed by atoms with Crippen LogP contribution in [0.1, 0.15) is 20.3 Å². The van der Waals surface area contributed by atoms with Gasteiger partial charge in [-0.3, -0.25) is 0 Å². The van der Waals surface area contributed by atoms with E-state index in [1.807, 2.05) is 13.8 Å². The molecule has 42 valence electrons. The van der Waals surface area contributed by atoms with Crippen LogP contribution in [0.15, 0.2) is 0 Å². The zero-order chi connectivity index (χ0) is 5.91. The summed E-state index contributed by atoms with van der Waals surface area (Å²) in [5.41, 5.74) is -0.0122. The monoisotopic (exact) mass is 100 g/mol. The lowest BCUT2D eigenvalue weighted by atomic mass is 9.93. The standard InChI is InChI=1S/C6H12O/c1-6(2,3)4-5-7/h1,4-5H2,2-3H3. The van der Waals surface area contributed by atoms with E-state index < -0.39 is 0 Å². The van der Waals surface area contributed by atoms with Crippen molar-refractivity contribution < 1.29 is 5.11 Å². The Labute approximate surface area is 45.4 Å².